The second kappa shape index (κ2) is 12.0. The molecule has 0 saturated carbocycles. The molecule has 0 saturated heterocycles. The summed E-state index contributed by atoms with van der Waals surface area (Å²) in [7, 11) is 1.80. The Balaban J connectivity index is 0.00000289. The summed E-state index contributed by atoms with van der Waals surface area (Å²) in [6, 6.07) is 27.5. The van der Waals surface area contributed by atoms with Gasteiger partial charge in [0.1, 0.15) is 0 Å². The van der Waals surface area contributed by atoms with Crippen LogP contribution in [0.2, 0.25) is 0 Å². The smallest absolute Gasteiger partial charge is 0.191 e. The summed E-state index contributed by atoms with van der Waals surface area (Å²) in [4.78, 5) is 8.46. The summed E-state index contributed by atoms with van der Waals surface area (Å²) < 4.78 is 2.07. The summed E-state index contributed by atoms with van der Waals surface area (Å²) in [6.45, 7) is 2.26. The molecule has 0 aliphatic heterocycles. The largest absolute Gasteiger partial charge is 0.352 e. The standard InChI is InChI=1S/C26H27N5.HI/c1-27-26(29-17-21-7-3-2-4-8-21)30-18-24-9-5-6-10-25(24)23-13-11-22(12-14-23)19-31-16-15-28-20-31;/h2-16,20H,17-19H2,1H3,(H2,27,29,30);1H. The van der Waals surface area contributed by atoms with Gasteiger partial charge in [-0.25, -0.2) is 4.98 Å². The zero-order valence-corrected chi connectivity index (χ0v) is 20.4. The number of nitrogens with one attached hydrogen (secondary N) is 2. The minimum Gasteiger partial charge on any atom is -0.352 e. The van der Waals surface area contributed by atoms with Crippen molar-refractivity contribution in [1.82, 2.24) is 20.2 Å². The molecule has 0 amide bonds. The lowest BCUT2D eigenvalue weighted by molar-refractivity contribution is 0.797. The molecule has 164 valence electrons. The fraction of sp³-hybridized carbons (Fsp3) is 0.154. The summed E-state index contributed by atoms with van der Waals surface area (Å²) in [5.74, 6) is 0.786. The fourth-order valence-corrected chi connectivity index (χ4v) is 3.52. The maximum absolute atomic E-state index is 4.35. The van der Waals surface area contributed by atoms with Crippen LogP contribution >= 0.6 is 24.0 Å². The van der Waals surface area contributed by atoms with Crippen LogP contribution in [0.15, 0.2) is 103 Å². The van der Waals surface area contributed by atoms with Gasteiger partial charge in [0.05, 0.1) is 6.33 Å². The monoisotopic (exact) mass is 537 g/mol. The van der Waals surface area contributed by atoms with Gasteiger partial charge in [-0.2, -0.15) is 0 Å². The van der Waals surface area contributed by atoms with Crippen LogP contribution in [0.1, 0.15) is 16.7 Å². The average molecular weight is 537 g/mol. The lowest BCUT2D eigenvalue weighted by Crippen LogP contribution is -2.36. The lowest BCUT2D eigenvalue weighted by atomic mass is 9.98. The van der Waals surface area contributed by atoms with E-state index in [1.807, 2.05) is 30.7 Å². The highest BCUT2D eigenvalue weighted by molar-refractivity contribution is 14.0. The molecule has 0 bridgehead atoms. The molecule has 0 spiro atoms. The van der Waals surface area contributed by atoms with Gasteiger partial charge in [-0.3, -0.25) is 4.99 Å². The van der Waals surface area contributed by atoms with Crippen LogP contribution in [-0.2, 0) is 19.6 Å². The molecule has 0 radical (unpaired) electrons. The van der Waals surface area contributed by atoms with Crippen LogP contribution in [0.4, 0.5) is 0 Å². The molecule has 4 aromatic rings. The Hall–Kier alpha value is -3.13. The third-order valence-corrected chi connectivity index (χ3v) is 5.18. The summed E-state index contributed by atoms with van der Waals surface area (Å²) in [5, 5.41) is 6.81. The molecular weight excluding hydrogens is 509 g/mol. The van der Waals surface area contributed by atoms with Crippen molar-refractivity contribution in [2.24, 2.45) is 4.99 Å². The van der Waals surface area contributed by atoms with Crippen LogP contribution in [-0.4, -0.2) is 22.6 Å². The Kier molecular flexibility index (Phi) is 8.86. The molecule has 0 fully saturated rings. The molecule has 4 rings (SSSR count). The van der Waals surface area contributed by atoms with E-state index in [-0.39, 0.29) is 24.0 Å². The number of nitrogens with zero attached hydrogens (tertiary/aromatic N) is 3. The third kappa shape index (κ3) is 6.43. The SMILES string of the molecule is CN=C(NCc1ccccc1)NCc1ccccc1-c1ccc(Cn2ccnc2)cc1.I. The zero-order valence-electron chi connectivity index (χ0n) is 18.1. The molecule has 6 heteroatoms. The molecule has 0 aliphatic carbocycles. The molecule has 1 heterocycles. The Morgan fingerprint density at radius 3 is 2.28 bits per heavy atom. The van der Waals surface area contributed by atoms with E-state index in [4.69, 9.17) is 0 Å². The quantitative estimate of drug-likeness (QED) is 0.197. The maximum atomic E-state index is 4.35. The highest BCUT2D eigenvalue weighted by Crippen LogP contribution is 2.24. The molecule has 0 aliphatic rings. The first-order chi connectivity index (χ1) is 15.3. The van der Waals surface area contributed by atoms with Crippen molar-refractivity contribution in [2.75, 3.05) is 7.05 Å². The number of hydrogen-bond donors (Lipinski definition) is 2. The molecule has 0 atom stereocenters. The van der Waals surface area contributed by atoms with Gasteiger partial charge in [-0.05, 0) is 27.8 Å². The van der Waals surface area contributed by atoms with Gasteiger partial charge in [0.25, 0.3) is 0 Å². The predicted molar refractivity (Wildman–Crippen MR) is 142 cm³/mol. The second-order valence-electron chi connectivity index (χ2n) is 7.35. The number of aromatic nitrogens is 2. The maximum Gasteiger partial charge on any atom is 0.191 e. The Morgan fingerprint density at radius 1 is 0.844 bits per heavy atom. The van der Waals surface area contributed by atoms with Crippen LogP contribution < -0.4 is 10.6 Å². The fourth-order valence-electron chi connectivity index (χ4n) is 3.52. The van der Waals surface area contributed by atoms with Gasteiger partial charge in [0.15, 0.2) is 5.96 Å². The number of imidazole rings is 1. The normalized spacial score (nSPS) is 11.0. The highest BCUT2D eigenvalue weighted by atomic mass is 127. The van der Waals surface area contributed by atoms with E-state index in [0.717, 1.165) is 19.0 Å². The summed E-state index contributed by atoms with van der Waals surface area (Å²) >= 11 is 0. The van der Waals surface area contributed by atoms with Crippen LogP contribution in [0.5, 0.6) is 0 Å². The molecular formula is C26H28IN5. The molecule has 1 aromatic heterocycles. The van der Waals surface area contributed by atoms with Gasteiger partial charge >= 0.3 is 0 Å². The Morgan fingerprint density at radius 2 is 1.56 bits per heavy atom. The first-order valence-corrected chi connectivity index (χ1v) is 10.4. The van der Waals surface area contributed by atoms with Crippen molar-refractivity contribution in [1.29, 1.82) is 0 Å². The highest BCUT2D eigenvalue weighted by Gasteiger charge is 2.06. The van der Waals surface area contributed by atoms with E-state index in [0.29, 0.717) is 6.54 Å². The van der Waals surface area contributed by atoms with Crippen LogP contribution in [0.3, 0.4) is 0 Å². The van der Waals surface area contributed by atoms with Gasteiger partial charge in [-0.1, -0.05) is 78.9 Å². The number of rotatable bonds is 7. The van der Waals surface area contributed by atoms with Crippen molar-refractivity contribution in [3.8, 4) is 11.1 Å². The van der Waals surface area contributed by atoms with Gasteiger partial charge in [0.2, 0.25) is 0 Å². The molecule has 3 aromatic carbocycles. The molecule has 32 heavy (non-hydrogen) atoms. The zero-order chi connectivity index (χ0) is 21.3. The van der Waals surface area contributed by atoms with Gasteiger partial charge in [0, 0.05) is 39.1 Å². The number of benzene rings is 3. The predicted octanol–water partition coefficient (Wildman–Crippen LogP) is 5.08. The number of guanidine groups is 1. The Labute approximate surface area is 206 Å². The number of halogens is 1. The van der Waals surface area contributed by atoms with E-state index < -0.39 is 0 Å². The van der Waals surface area contributed by atoms with Crippen LogP contribution in [0.25, 0.3) is 11.1 Å². The first kappa shape index (κ1) is 23.5. The molecule has 2 N–H and O–H groups in total. The minimum atomic E-state index is 0. The van der Waals surface area contributed by atoms with Gasteiger partial charge in [-0.15, -0.1) is 24.0 Å². The van der Waals surface area contributed by atoms with Gasteiger partial charge < -0.3 is 15.2 Å². The lowest BCUT2D eigenvalue weighted by Gasteiger charge is -2.15. The van der Waals surface area contributed by atoms with E-state index in [1.165, 1.54) is 27.8 Å². The van der Waals surface area contributed by atoms with E-state index in [2.05, 4.69) is 85.8 Å². The van der Waals surface area contributed by atoms with Crippen molar-refractivity contribution >= 4 is 29.9 Å². The third-order valence-electron chi connectivity index (χ3n) is 5.18. The van der Waals surface area contributed by atoms with Crippen molar-refractivity contribution in [3.63, 3.8) is 0 Å². The second-order valence-corrected chi connectivity index (χ2v) is 7.35. The van der Waals surface area contributed by atoms with Crippen molar-refractivity contribution in [2.45, 2.75) is 19.6 Å². The minimum absolute atomic E-state index is 0. The molecule has 5 nitrogen and oxygen atoms in total. The molecule has 0 unspecified atom stereocenters. The number of aliphatic imine (C=N–C) groups is 1. The summed E-state index contributed by atoms with van der Waals surface area (Å²) in [6.07, 6.45) is 5.63. The Bertz CT molecular complexity index is 1110. The van der Waals surface area contributed by atoms with E-state index >= 15 is 0 Å². The van der Waals surface area contributed by atoms with E-state index in [9.17, 15) is 0 Å². The average Bonchev–Trinajstić information content (AvgIpc) is 3.34. The number of hydrogen-bond acceptors (Lipinski definition) is 2. The van der Waals surface area contributed by atoms with Crippen molar-refractivity contribution in [3.05, 3.63) is 114 Å². The van der Waals surface area contributed by atoms with E-state index in [1.54, 1.807) is 13.2 Å². The first-order valence-electron chi connectivity index (χ1n) is 10.4. The summed E-state index contributed by atoms with van der Waals surface area (Å²) in [5.41, 5.74) is 6.14. The van der Waals surface area contributed by atoms with Crippen molar-refractivity contribution < 1.29 is 0 Å². The topological polar surface area (TPSA) is 54.2 Å². The van der Waals surface area contributed by atoms with Crippen LogP contribution in [0, 0.1) is 0 Å².